The molecule has 0 saturated carbocycles. The van der Waals surface area contributed by atoms with E-state index in [4.69, 9.17) is 16.3 Å². The van der Waals surface area contributed by atoms with E-state index in [0.29, 0.717) is 5.02 Å². The van der Waals surface area contributed by atoms with Gasteiger partial charge in [-0.3, -0.25) is 10.1 Å². The third-order valence-corrected chi connectivity index (χ3v) is 1.83. The van der Waals surface area contributed by atoms with Crippen LogP contribution in [0.5, 0.6) is 5.75 Å². The standard InChI is InChI=1S/C10H8ClNO3/c1-2-3-6-15-10-5-4-8(11)7-9(10)12(13)14/h4-5,7H,6H2,1H3. The lowest BCUT2D eigenvalue weighted by Crippen LogP contribution is -1.98. The molecule has 5 heteroatoms. The molecule has 1 aromatic carbocycles. The summed E-state index contributed by atoms with van der Waals surface area (Å²) in [7, 11) is 0. The van der Waals surface area contributed by atoms with Crippen molar-refractivity contribution >= 4 is 17.3 Å². The summed E-state index contributed by atoms with van der Waals surface area (Å²) in [4.78, 5) is 10.1. The molecule has 0 amide bonds. The van der Waals surface area contributed by atoms with Crippen LogP contribution >= 0.6 is 11.6 Å². The second-order valence-corrected chi connectivity index (χ2v) is 3.02. The van der Waals surface area contributed by atoms with Crippen molar-refractivity contribution in [2.24, 2.45) is 0 Å². The molecular weight excluding hydrogens is 218 g/mol. The molecule has 1 aromatic rings. The maximum atomic E-state index is 10.6. The van der Waals surface area contributed by atoms with Crippen molar-refractivity contribution in [3.8, 4) is 17.6 Å². The molecule has 0 aliphatic heterocycles. The number of ether oxygens (including phenoxy) is 1. The second kappa shape index (κ2) is 5.23. The lowest BCUT2D eigenvalue weighted by Gasteiger charge is -2.02. The molecule has 0 bridgehead atoms. The van der Waals surface area contributed by atoms with Gasteiger partial charge in [0, 0.05) is 11.1 Å². The van der Waals surface area contributed by atoms with Crippen LogP contribution in [0.4, 0.5) is 5.69 Å². The first kappa shape index (κ1) is 11.3. The van der Waals surface area contributed by atoms with Gasteiger partial charge < -0.3 is 4.74 Å². The lowest BCUT2D eigenvalue weighted by molar-refractivity contribution is -0.385. The first-order valence-electron chi connectivity index (χ1n) is 4.11. The van der Waals surface area contributed by atoms with Crippen LogP contribution in [0.25, 0.3) is 0 Å². The van der Waals surface area contributed by atoms with Gasteiger partial charge in [0.15, 0.2) is 5.75 Å². The van der Waals surface area contributed by atoms with E-state index in [1.54, 1.807) is 6.92 Å². The fourth-order valence-corrected chi connectivity index (χ4v) is 1.11. The zero-order valence-electron chi connectivity index (χ0n) is 7.99. The molecule has 0 aliphatic rings. The van der Waals surface area contributed by atoms with E-state index in [1.165, 1.54) is 18.2 Å². The van der Waals surface area contributed by atoms with E-state index >= 15 is 0 Å². The topological polar surface area (TPSA) is 52.4 Å². The fraction of sp³-hybridized carbons (Fsp3) is 0.200. The van der Waals surface area contributed by atoms with Crippen LogP contribution in [0.3, 0.4) is 0 Å². The Bertz CT molecular complexity index is 434. The van der Waals surface area contributed by atoms with Gasteiger partial charge in [0.2, 0.25) is 0 Å². The normalized spacial score (nSPS) is 8.93. The Balaban J connectivity index is 2.94. The van der Waals surface area contributed by atoms with Crippen LogP contribution in [-0.2, 0) is 0 Å². The zero-order chi connectivity index (χ0) is 11.3. The summed E-state index contributed by atoms with van der Waals surface area (Å²) in [6, 6.07) is 4.23. The van der Waals surface area contributed by atoms with Gasteiger partial charge >= 0.3 is 5.69 Å². The van der Waals surface area contributed by atoms with E-state index in [-0.39, 0.29) is 18.0 Å². The van der Waals surface area contributed by atoms with Gasteiger partial charge in [-0.15, -0.1) is 5.92 Å². The number of rotatable bonds is 3. The van der Waals surface area contributed by atoms with Gasteiger partial charge in [-0.2, -0.15) is 0 Å². The SMILES string of the molecule is CC#CCOc1ccc(Cl)cc1[N+](=O)[O-]. The number of nitrogens with zero attached hydrogens (tertiary/aromatic N) is 1. The van der Waals surface area contributed by atoms with Crippen molar-refractivity contribution in [3.63, 3.8) is 0 Å². The van der Waals surface area contributed by atoms with Crippen molar-refractivity contribution in [1.82, 2.24) is 0 Å². The summed E-state index contributed by atoms with van der Waals surface area (Å²) in [5, 5.41) is 10.9. The smallest absolute Gasteiger partial charge is 0.312 e. The molecule has 0 aromatic heterocycles. The molecule has 0 saturated heterocycles. The summed E-state index contributed by atoms with van der Waals surface area (Å²) in [6.45, 7) is 1.79. The summed E-state index contributed by atoms with van der Waals surface area (Å²) >= 11 is 5.63. The highest BCUT2D eigenvalue weighted by Gasteiger charge is 2.14. The predicted octanol–water partition coefficient (Wildman–Crippen LogP) is 2.65. The van der Waals surface area contributed by atoms with Gasteiger partial charge in [-0.05, 0) is 19.1 Å². The highest BCUT2D eigenvalue weighted by Crippen LogP contribution is 2.29. The fourth-order valence-electron chi connectivity index (χ4n) is 0.941. The molecular formula is C10H8ClNO3. The number of nitro groups is 1. The van der Waals surface area contributed by atoms with Crippen molar-refractivity contribution in [3.05, 3.63) is 33.3 Å². The molecule has 0 heterocycles. The molecule has 15 heavy (non-hydrogen) atoms. The number of hydrogen-bond acceptors (Lipinski definition) is 3. The zero-order valence-corrected chi connectivity index (χ0v) is 8.75. The second-order valence-electron chi connectivity index (χ2n) is 2.58. The van der Waals surface area contributed by atoms with Crippen LogP contribution in [0.1, 0.15) is 6.92 Å². The van der Waals surface area contributed by atoms with E-state index < -0.39 is 4.92 Å². The largest absolute Gasteiger partial charge is 0.474 e. The number of halogens is 1. The van der Waals surface area contributed by atoms with Gasteiger partial charge in [0.1, 0.15) is 6.61 Å². The van der Waals surface area contributed by atoms with Gasteiger partial charge in [0.05, 0.1) is 4.92 Å². The van der Waals surface area contributed by atoms with Crippen molar-refractivity contribution in [2.75, 3.05) is 6.61 Å². The molecule has 1 rings (SSSR count). The molecule has 0 N–H and O–H groups in total. The Hall–Kier alpha value is -1.73. The molecule has 0 radical (unpaired) electrons. The summed E-state index contributed by atoms with van der Waals surface area (Å²) < 4.78 is 5.12. The Morgan fingerprint density at radius 1 is 1.60 bits per heavy atom. The van der Waals surface area contributed by atoms with Crippen molar-refractivity contribution in [1.29, 1.82) is 0 Å². The molecule has 0 spiro atoms. The quantitative estimate of drug-likeness (QED) is 0.451. The first-order chi connectivity index (χ1) is 7.15. The Kier molecular flexibility index (Phi) is 3.95. The van der Waals surface area contributed by atoms with Crippen LogP contribution in [0, 0.1) is 22.0 Å². The third kappa shape index (κ3) is 3.15. The van der Waals surface area contributed by atoms with Gasteiger partial charge in [-0.1, -0.05) is 17.5 Å². The average molecular weight is 226 g/mol. The maximum absolute atomic E-state index is 10.6. The highest BCUT2D eigenvalue weighted by molar-refractivity contribution is 6.30. The molecule has 0 unspecified atom stereocenters. The van der Waals surface area contributed by atoms with Gasteiger partial charge in [0.25, 0.3) is 0 Å². The van der Waals surface area contributed by atoms with Crippen LogP contribution in [0.2, 0.25) is 5.02 Å². The van der Waals surface area contributed by atoms with Crippen LogP contribution in [-0.4, -0.2) is 11.5 Å². The Morgan fingerprint density at radius 3 is 2.93 bits per heavy atom. The third-order valence-electron chi connectivity index (χ3n) is 1.59. The number of benzene rings is 1. The molecule has 0 aliphatic carbocycles. The number of nitro benzene ring substituents is 1. The summed E-state index contributed by atoms with van der Waals surface area (Å²) in [5.74, 6) is 5.45. The van der Waals surface area contributed by atoms with Crippen LogP contribution < -0.4 is 4.74 Å². The molecule has 0 fully saturated rings. The Labute approximate surface area is 92.0 Å². The Morgan fingerprint density at radius 2 is 2.33 bits per heavy atom. The maximum Gasteiger partial charge on any atom is 0.312 e. The monoisotopic (exact) mass is 225 g/mol. The molecule has 0 atom stereocenters. The van der Waals surface area contributed by atoms with Crippen LogP contribution in [0.15, 0.2) is 18.2 Å². The van der Waals surface area contributed by atoms with Crippen molar-refractivity contribution < 1.29 is 9.66 Å². The summed E-state index contributed by atoms with van der Waals surface area (Å²) in [5.41, 5.74) is -0.152. The predicted molar refractivity (Wildman–Crippen MR) is 57.1 cm³/mol. The average Bonchev–Trinajstić information content (AvgIpc) is 2.20. The van der Waals surface area contributed by atoms with E-state index in [2.05, 4.69) is 11.8 Å². The lowest BCUT2D eigenvalue weighted by atomic mass is 10.3. The minimum absolute atomic E-state index is 0.124. The van der Waals surface area contributed by atoms with E-state index in [1.807, 2.05) is 0 Å². The minimum Gasteiger partial charge on any atom is -0.474 e. The first-order valence-corrected chi connectivity index (χ1v) is 4.49. The molecule has 4 nitrogen and oxygen atoms in total. The summed E-state index contributed by atoms with van der Waals surface area (Å²) in [6.07, 6.45) is 0. The number of hydrogen-bond donors (Lipinski definition) is 0. The van der Waals surface area contributed by atoms with Gasteiger partial charge in [-0.25, -0.2) is 0 Å². The van der Waals surface area contributed by atoms with E-state index in [0.717, 1.165) is 0 Å². The minimum atomic E-state index is -0.541. The van der Waals surface area contributed by atoms with E-state index in [9.17, 15) is 10.1 Å². The molecule has 78 valence electrons. The van der Waals surface area contributed by atoms with Crippen molar-refractivity contribution in [2.45, 2.75) is 6.92 Å². The highest BCUT2D eigenvalue weighted by atomic mass is 35.5.